The normalized spacial score (nSPS) is 10.5. The van der Waals surface area contributed by atoms with E-state index in [0.717, 1.165) is 46.3 Å². The second-order valence-electron chi connectivity index (χ2n) is 8.23. The third kappa shape index (κ3) is 5.90. The van der Waals surface area contributed by atoms with Crippen molar-refractivity contribution in [2.45, 2.75) is 6.42 Å². The molecule has 35 heavy (non-hydrogen) atoms. The molecule has 0 saturated carbocycles. The Morgan fingerprint density at radius 2 is 0.771 bits per heavy atom. The number of hydrogen-bond donors (Lipinski definition) is 0. The number of methoxy groups -OCH3 is 1. The first kappa shape index (κ1) is 22.3. The van der Waals surface area contributed by atoms with E-state index >= 15 is 0 Å². The predicted molar refractivity (Wildman–Crippen MR) is 141 cm³/mol. The Hall–Kier alpha value is -4.50. The molecule has 0 radical (unpaired) electrons. The van der Waals surface area contributed by atoms with Crippen LogP contribution in [0.25, 0.3) is 11.1 Å². The van der Waals surface area contributed by atoms with Crippen molar-refractivity contribution < 1.29 is 14.2 Å². The highest BCUT2D eigenvalue weighted by Gasteiger charge is 2.03. The summed E-state index contributed by atoms with van der Waals surface area (Å²) in [6.07, 6.45) is 0.850. The van der Waals surface area contributed by atoms with Crippen molar-refractivity contribution in [1.82, 2.24) is 0 Å². The average Bonchev–Trinajstić information content (AvgIpc) is 2.92. The van der Waals surface area contributed by atoms with Crippen LogP contribution in [0.15, 0.2) is 127 Å². The molecule has 0 atom stereocenters. The second-order valence-corrected chi connectivity index (χ2v) is 8.23. The van der Waals surface area contributed by atoms with Gasteiger partial charge in [0.25, 0.3) is 0 Å². The quantitative estimate of drug-likeness (QED) is 0.233. The van der Waals surface area contributed by atoms with E-state index in [1.165, 1.54) is 11.1 Å². The maximum Gasteiger partial charge on any atom is 0.127 e. The summed E-state index contributed by atoms with van der Waals surface area (Å²) < 4.78 is 17.2. The monoisotopic (exact) mass is 458 g/mol. The van der Waals surface area contributed by atoms with E-state index in [-0.39, 0.29) is 0 Å². The van der Waals surface area contributed by atoms with Crippen molar-refractivity contribution in [3.05, 3.63) is 139 Å². The third-order valence-electron chi connectivity index (χ3n) is 5.75. The lowest BCUT2D eigenvalue weighted by molar-refractivity contribution is 0.415. The number of hydrogen-bond acceptors (Lipinski definition) is 3. The van der Waals surface area contributed by atoms with E-state index in [0.29, 0.717) is 0 Å². The molecule has 0 unspecified atom stereocenters. The molecule has 0 aromatic heterocycles. The van der Waals surface area contributed by atoms with Crippen LogP contribution in [-0.4, -0.2) is 7.11 Å². The number of benzene rings is 5. The maximum atomic E-state index is 6.05. The minimum atomic E-state index is 0.809. The maximum absolute atomic E-state index is 6.05. The molecule has 0 aliphatic heterocycles. The Morgan fingerprint density at radius 1 is 0.400 bits per heavy atom. The summed E-state index contributed by atoms with van der Waals surface area (Å²) in [6.45, 7) is 0. The summed E-state index contributed by atoms with van der Waals surface area (Å²) in [4.78, 5) is 0. The topological polar surface area (TPSA) is 27.7 Å². The zero-order chi connectivity index (χ0) is 23.9. The van der Waals surface area contributed by atoms with Gasteiger partial charge in [-0.1, -0.05) is 66.7 Å². The third-order valence-corrected chi connectivity index (χ3v) is 5.75. The van der Waals surface area contributed by atoms with Crippen LogP contribution in [0.4, 0.5) is 0 Å². The molecule has 0 heterocycles. The van der Waals surface area contributed by atoms with Crippen LogP contribution in [-0.2, 0) is 6.42 Å². The summed E-state index contributed by atoms with van der Waals surface area (Å²) >= 11 is 0. The Kier molecular flexibility index (Phi) is 6.77. The Bertz CT molecular complexity index is 1340. The molecule has 5 aromatic rings. The standard InChI is InChI=1S/C32H26O3/c1-33-28-19-11-26(12-20-28)27-13-21-32(22-14-27)35-31-17-9-25(10-18-31)23-24-7-15-30(16-8-24)34-29-5-3-2-4-6-29/h2-22H,23H2,1H3. The van der Waals surface area contributed by atoms with Gasteiger partial charge in [-0.3, -0.25) is 0 Å². The summed E-state index contributed by atoms with van der Waals surface area (Å²) in [6, 6.07) is 42.4. The van der Waals surface area contributed by atoms with Gasteiger partial charge < -0.3 is 14.2 Å². The summed E-state index contributed by atoms with van der Waals surface area (Å²) in [5, 5.41) is 0. The Balaban J connectivity index is 1.17. The number of rotatable bonds is 8. The van der Waals surface area contributed by atoms with Crippen LogP contribution in [0, 0.1) is 0 Å². The van der Waals surface area contributed by atoms with Gasteiger partial charge in [-0.05, 0) is 89.3 Å². The highest BCUT2D eigenvalue weighted by molar-refractivity contribution is 5.65. The van der Waals surface area contributed by atoms with Crippen molar-refractivity contribution in [3.63, 3.8) is 0 Å². The zero-order valence-corrected chi connectivity index (χ0v) is 19.6. The van der Waals surface area contributed by atoms with Crippen molar-refractivity contribution in [2.75, 3.05) is 7.11 Å². The van der Waals surface area contributed by atoms with E-state index in [9.17, 15) is 0 Å². The number of ether oxygens (including phenoxy) is 3. The summed E-state index contributed by atoms with van der Waals surface area (Å²) in [5.74, 6) is 4.15. The summed E-state index contributed by atoms with van der Waals surface area (Å²) in [5.41, 5.74) is 4.73. The van der Waals surface area contributed by atoms with Gasteiger partial charge in [-0.25, -0.2) is 0 Å². The lowest BCUT2D eigenvalue weighted by atomic mass is 10.0. The van der Waals surface area contributed by atoms with E-state index in [1.54, 1.807) is 7.11 Å². The second kappa shape index (κ2) is 10.6. The van der Waals surface area contributed by atoms with Crippen LogP contribution in [0.2, 0.25) is 0 Å². The highest BCUT2D eigenvalue weighted by atomic mass is 16.5. The molecule has 0 aliphatic carbocycles. The molecule has 3 heteroatoms. The fraction of sp³-hybridized carbons (Fsp3) is 0.0625. The van der Waals surface area contributed by atoms with Gasteiger partial charge in [0.2, 0.25) is 0 Å². The lowest BCUT2D eigenvalue weighted by Gasteiger charge is -2.09. The molecule has 3 nitrogen and oxygen atoms in total. The minimum Gasteiger partial charge on any atom is -0.497 e. The lowest BCUT2D eigenvalue weighted by Crippen LogP contribution is -1.90. The molecule has 0 spiro atoms. The van der Waals surface area contributed by atoms with Crippen molar-refractivity contribution in [1.29, 1.82) is 0 Å². The zero-order valence-electron chi connectivity index (χ0n) is 19.6. The van der Waals surface area contributed by atoms with Crippen LogP contribution in [0.5, 0.6) is 28.7 Å². The van der Waals surface area contributed by atoms with Crippen LogP contribution >= 0.6 is 0 Å². The largest absolute Gasteiger partial charge is 0.497 e. The molecule has 0 saturated heterocycles. The van der Waals surface area contributed by atoms with Crippen molar-refractivity contribution in [2.24, 2.45) is 0 Å². The van der Waals surface area contributed by atoms with E-state index in [4.69, 9.17) is 14.2 Å². The molecule has 0 amide bonds. The van der Waals surface area contributed by atoms with Crippen molar-refractivity contribution >= 4 is 0 Å². The first-order valence-electron chi connectivity index (χ1n) is 11.6. The smallest absolute Gasteiger partial charge is 0.127 e. The molecular weight excluding hydrogens is 432 g/mol. The van der Waals surface area contributed by atoms with E-state index < -0.39 is 0 Å². The van der Waals surface area contributed by atoms with Gasteiger partial charge in [-0.2, -0.15) is 0 Å². The van der Waals surface area contributed by atoms with Gasteiger partial charge in [0.05, 0.1) is 7.11 Å². The Labute approximate surface area is 206 Å². The first-order valence-corrected chi connectivity index (χ1v) is 11.6. The van der Waals surface area contributed by atoms with Gasteiger partial charge in [0.15, 0.2) is 0 Å². The van der Waals surface area contributed by atoms with Crippen LogP contribution in [0.3, 0.4) is 0 Å². The van der Waals surface area contributed by atoms with Gasteiger partial charge >= 0.3 is 0 Å². The fourth-order valence-electron chi connectivity index (χ4n) is 3.85. The minimum absolute atomic E-state index is 0.809. The molecule has 0 aliphatic rings. The molecule has 0 N–H and O–H groups in total. The molecule has 5 aromatic carbocycles. The van der Waals surface area contributed by atoms with Crippen molar-refractivity contribution in [3.8, 4) is 39.9 Å². The number of para-hydroxylation sites is 1. The van der Waals surface area contributed by atoms with Gasteiger partial charge in [0.1, 0.15) is 28.7 Å². The summed E-state index contributed by atoms with van der Waals surface area (Å²) in [7, 11) is 1.67. The van der Waals surface area contributed by atoms with Gasteiger partial charge in [-0.15, -0.1) is 0 Å². The predicted octanol–water partition coefficient (Wildman–Crippen LogP) is 8.54. The van der Waals surface area contributed by atoms with E-state index in [1.807, 2.05) is 78.9 Å². The molecule has 172 valence electrons. The molecule has 0 bridgehead atoms. The SMILES string of the molecule is COc1ccc(-c2ccc(Oc3ccc(Cc4ccc(Oc5ccccc5)cc4)cc3)cc2)cc1. The van der Waals surface area contributed by atoms with E-state index in [2.05, 4.69) is 48.5 Å². The molecule has 0 fully saturated rings. The van der Waals surface area contributed by atoms with Crippen LogP contribution in [0.1, 0.15) is 11.1 Å². The Morgan fingerprint density at radius 3 is 1.20 bits per heavy atom. The highest BCUT2D eigenvalue weighted by Crippen LogP contribution is 2.28. The van der Waals surface area contributed by atoms with Gasteiger partial charge in [0, 0.05) is 0 Å². The van der Waals surface area contributed by atoms with Crippen LogP contribution < -0.4 is 14.2 Å². The molecule has 5 rings (SSSR count). The molecular formula is C32H26O3. The first-order chi connectivity index (χ1) is 17.2. The fourth-order valence-corrected chi connectivity index (χ4v) is 3.85. The average molecular weight is 459 g/mol.